The molecule has 1 saturated heterocycles. The number of carbonyl (C=O) groups excluding carboxylic acids is 2. The number of likely N-dealkylation sites (N-methyl/N-ethyl adjacent to an activating group) is 1. The first-order valence-corrected chi connectivity index (χ1v) is 8.03. The summed E-state index contributed by atoms with van der Waals surface area (Å²) < 4.78 is 5.66. The molecule has 2 heterocycles. The van der Waals surface area contributed by atoms with Crippen LogP contribution in [0, 0.1) is 0 Å². The Morgan fingerprint density at radius 1 is 1.28 bits per heavy atom. The van der Waals surface area contributed by atoms with Crippen molar-refractivity contribution in [2.24, 2.45) is 0 Å². The number of hydrogen-bond acceptors (Lipinski definition) is 4. The fourth-order valence-corrected chi connectivity index (χ4v) is 2.55. The lowest BCUT2D eigenvalue weighted by molar-refractivity contribution is -0.135. The highest BCUT2D eigenvalue weighted by atomic mass is 16.5. The number of amides is 3. The summed E-state index contributed by atoms with van der Waals surface area (Å²) in [6, 6.07) is 12.1. The topological polar surface area (TPSA) is 74.8 Å². The molecule has 1 aromatic heterocycles. The summed E-state index contributed by atoms with van der Waals surface area (Å²) in [4.78, 5) is 31.6. The molecule has 1 aliphatic heterocycles. The van der Waals surface area contributed by atoms with Gasteiger partial charge in [-0.2, -0.15) is 0 Å². The van der Waals surface area contributed by atoms with Crippen LogP contribution in [0.25, 0.3) is 0 Å². The average Bonchev–Trinajstić information content (AvgIpc) is 2.60. The molecule has 3 amide bonds. The van der Waals surface area contributed by atoms with Crippen LogP contribution in [0.2, 0.25) is 0 Å². The Labute approximate surface area is 146 Å². The highest BCUT2D eigenvalue weighted by Gasteiger charge is 2.29. The minimum Gasteiger partial charge on any atom is -0.439 e. The molecule has 0 saturated carbocycles. The SMILES string of the molecule is CC1CN(C(=O)Nc2cccc(Oc3ccccn3)c2)CC(=O)N1C. The molecule has 0 radical (unpaired) electrons. The van der Waals surface area contributed by atoms with Gasteiger partial charge in [-0.15, -0.1) is 0 Å². The molecule has 7 nitrogen and oxygen atoms in total. The smallest absolute Gasteiger partial charge is 0.322 e. The second-order valence-corrected chi connectivity index (χ2v) is 5.96. The fourth-order valence-electron chi connectivity index (χ4n) is 2.55. The van der Waals surface area contributed by atoms with E-state index in [0.29, 0.717) is 23.9 Å². The van der Waals surface area contributed by atoms with Crippen LogP contribution in [0.4, 0.5) is 10.5 Å². The van der Waals surface area contributed by atoms with Crippen LogP contribution in [0.1, 0.15) is 6.92 Å². The Bertz CT molecular complexity index is 766. The molecular formula is C18H20N4O3. The maximum absolute atomic E-state index is 12.4. The van der Waals surface area contributed by atoms with Gasteiger partial charge in [-0.25, -0.2) is 9.78 Å². The number of carbonyl (C=O) groups is 2. The first-order chi connectivity index (χ1) is 12.0. The summed E-state index contributed by atoms with van der Waals surface area (Å²) in [6.45, 7) is 2.49. The predicted octanol–water partition coefficient (Wildman–Crippen LogP) is 2.57. The molecule has 130 valence electrons. The third-order valence-corrected chi connectivity index (χ3v) is 4.10. The number of nitrogens with zero attached hydrogens (tertiary/aromatic N) is 3. The molecule has 3 rings (SSSR count). The van der Waals surface area contributed by atoms with E-state index in [0.717, 1.165) is 0 Å². The van der Waals surface area contributed by atoms with Crippen LogP contribution in [0.5, 0.6) is 11.6 Å². The van der Waals surface area contributed by atoms with Gasteiger partial charge in [-0.1, -0.05) is 12.1 Å². The van der Waals surface area contributed by atoms with Gasteiger partial charge in [-0.3, -0.25) is 4.79 Å². The van der Waals surface area contributed by atoms with E-state index in [9.17, 15) is 9.59 Å². The van der Waals surface area contributed by atoms with Gasteiger partial charge >= 0.3 is 6.03 Å². The summed E-state index contributed by atoms with van der Waals surface area (Å²) >= 11 is 0. The number of nitrogens with one attached hydrogen (secondary N) is 1. The van der Waals surface area contributed by atoms with Gasteiger partial charge in [0, 0.05) is 43.7 Å². The van der Waals surface area contributed by atoms with Gasteiger partial charge in [0.15, 0.2) is 0 Å². The van der Waals surface area contributed by atoms with Crippen molar-refractivity contribution in [2.45, 2.75) is 13.0 Å². The van der Waals surface area contributed by atoms with E-state index in [2.05, 4.69) is 10.3 Å². The number of anilines is 1. The van der Waals surface area contributed by atoms with Crippen LogP contribution in [-0.2, 0) is 4.79 Å². The van der Waals surface area contributed by atoms with Crippen molar-refractivity contribution in [2.75, 3.05) is 25.5 Å². The molecule has 0 spiro atoms. The largest absolute Gasteiger partial charge is 0.439 e. The van der Waals surface area contributed by atoms with E-state index in [1.165, 1.54) is 4.90 Å². The van der Waals surface area contributed by atoms with Crippen molar-refractivity contribution in [1.82, 2.24) is 14.8 Å². The Hall–Kier alpha value is -3.09. The van der Waals surface area contributed by atoms with E-state index in [1.54, 1.807) is 48.5 Å². The molecule has 25 heavy (non-hydrogen) atoms. The number of pyridine rings is 1. The van der Waals surface area contributed by atoms with Gasteiger partial charge in [-0.05, 0) is 25.1 Å². The third-order valence-electron chi connectivity index (χ3n) is 4.10. The predicted molar refractivity (Wildman–Crippen MR) is 93.6 cm³/mol. The molecule has 1 fully saturated rings. The van der Waals surface area contributed by atoms with Crippen molar-refractivity contribution in [3.63, 3.8) is 0 Å². The van der Waals surface area contributed by atoms with Gasteiger partial charge in [0.1, 0.15) is 12.3 Å². The summed E-state index contributed by atoms with van der Waals surface area (Å²) in [6.07, 6.45) is 1.65. The zero-order chi connectivity index (χ0) is 17.8. The normalized spacial score (nSPS) is 17.4. The van der Waals surface area contributed by atoms with Crippen LogP contribution >= 0.6 is 0 Å². The monoisotopic (exact) mass is 340 g/mol. The summed E-state index contributed by atoms with van der Waals surface area (Å²) in [7, 11) is 1.75. The number of rotatable bonds is 3. The highest BCUT2D eigenvalue weighted by Crippen LogP contribution is 2.23. The van der Waals surface area contributed by atoms with Crippen LogP contribution < -0.4 is 10.1 Å². The molecule has 7 heteroatoms. The van der Waals surface area contributed by atoms with E-state index in [4.69, 9.17) is 4.74 Å². The molecule has 2 aromatic rings. The quantitative estimate of drug-likeness (QED) is 0.932. The first-order valence-electron chi connectivity index (χ1n) is 8.03. The summed E-state index contributed by atoms with van der Waals surface area (Å²) in [5, 5.41) is 2.81. The molecule has 1 aliphatic rings. The number of urea groups is 1. The maximum atomic E-state index is 12.4. The minimum atomic E-state index is -0.303. The Balaban J connectivity index is 1.66. The van der Waals surface area contributed by atoms with E-state index >= 15 is 0 Å². The van der Waals surface area contributed by atoms with E-state index in [-0.39, 0.29) is 24.5 Å². The van der Waals surface area contributed by atoms with Crippen LogP contribution in [0.3, 0.4) is 0 Å². The maximum Gasteiger partial charge on any atom is 0.322 e. The van der Waals surface area contributed by atoms with Crippen LogP contribution in [0.15, 0.2) is 48.7 Å². The fraction of sp³-hybridized carbons (Fsp3) is 0.278. The zero-order valence-electron chi connectivity index (χ0n) is 14.2. The molecule has 1 unspecified atom stereocenters. The number of benzene rings is 1. The van der Waals surface area contributed by atoms with Gasteiger partial charge in [0.05, 0.1) is 0 Å². The summed E-state index contributed by atoms with van der Waals surface area (Å²) in [5.41, 5.74) is 0.595. The van der Waals surface area contributed by atoms with Crippen molar-refractivity contribution in [1.29, 1.82) is 0 Å². The van der Waals surface area contributed by atoms with Gasteiger partial charge in [0.25, 0.3) is 0 Å². The van der Waals surface area contributed by atoms with Crippen molar-refractivity contribution in [3.8, 4) is 11.6 Å². The second kappa shape index (κ2) is 7.21. The standard InChI is InChI=1S/C18H20N4O3/c1-13-11-22(12-17(23)21(13)2)18(24)20-14-6-5-7-15(10-14)25-16-8-3-4-9-19-16/h3-10,13H,11-12H2,1-2H3,(H,20,24). The minimum absolute atomic E-state index is 0.00850. The number of ether oxygens (including phenoxy) is 1. The molecule has 1 aromatic carbocycles. The lowest BCUT2D eigenvalue weighted by Crippen LogP contribution is -2.56. The number of hydrogen-bond donors (Lipinski definition) is 1. The molecule has 0 bridgehead atoms. The molecule has 0 aliphatic carbocycles. The number of piperazine rings is 1. The van der Waals surface area contributed by atoms with Gasteiger partial charge < -0.3 is 19.9 Å². The van der Waals surface area contributed by atoms with Crippen LogP contribution in [-0.4, -0.2) is 52.9 Å². The molecular weight excluding hydrogens is 320 g/mol. The van der Waals surface area contributed by atoms with Crippen molar-refractivity contribution in [3.05, 3.63) is 48.7 Å². The van der Waals surface area contributed by atoms with Crippen molar-refractivity contribution < 1.29 is 14.3 Å². The Kier molecular flexibility index (Phi) is 4.83. The Morgan fingerprint density at radius 3 is 2.84 bits per heavy atom. The lowest BCUT2D eigenvalue weighted by atomic mass is 10.2. The second-order valence-electron chi connectivity index (χ2n) is 5.96. The van der Waals surface area contributed by atoms with Gasteiger partial charge in [0.2, 0.25) is 11.8 Å². The first kappa shape index (κ1) is 16.8. The van der Waals surface area contributed by atoms with Crippen molar-refractivity contribution >= 4 is 17.6 Å². The van der Waals surface area contributed by atoms with E-state index < -0.39 is 0 Å². The van der Waals surface area contributed by atoms with E-state index in [1.807, 2.05) is 19.1 Å². The highest BCUT2D eigenvalue weighted by molar-refractivity contribution is 5.93. The zero-order valence-corrected chi connectivity index (χ0v) is 14.2. The Morgan fingerprint density at radius 2 is 2.12 bits per heavy atom. The average molecular weight is 340 g/mol. The third kappa shape index (κ3) is 4.06. The summed E-state index contributed by atoms with van der Waals surface area (Å²) in [5.74, 6) is 0.977. The molecule has 1 N–H and O–H groups in total. The molecule has 1 atom stereocenters. The lowest BCUT2D eigenvalue weighted by Gasteiger charge is -2.37. The number of aromatic nitrogens is 1.